The van der Waals surface area contributed by atoms with E-state index in [1.54, 1.807) is 12.1 Å². The van der Waals surface area contributed by atoms with Crippen LogP contribution in [0.2, 0.25) is 0 Å². The molecule has 2 aromatic carbocycles. The third-order valence-electron chi connectivity index (χ3n) is 3.55. The van der Waals surface area contributed by atoms with Gasteiger partial charge in [-0.05, 0) is 60.7 Å². The summed E-state index contributed by atoms with van der Waals surface area (Å²) in [5.74, 6) is -0.340. The van der Waals surface area contributed by atoms with E-state index in [1.807, 2.05) is 0 Å². The van der Waals surface area contributed by atoms with Gasteiger partial charge in [0.15, 0.2) is 0 Å². The predicted molar refractivity (Wildman–Crippen MR) is 93.5 cm³/mol. The number of sulfonamides is 1. The van der Waals surface area contributed by atoms with Crippen molar-refractivity contribution in [3.63, 3.8) is 0 Å². The fourth-order valence-corrected chi connectivity index (χ4v) is 3.18. The lowest BCUT2D eigenvalue weighted by Gasteiger charge is -2.08. The summed E-state index contributed by atoms with van der Waals surface area (Å²) < 4.78 is 44.8. The van der Waals surface area contributed by atoms with Crippen molar-refractivity contribution in [1.82, 2.24) is 4.72 Å². The van der Waals surface area contributed by atoms with Crippen LogP contribution in [-0.4, -0.2) is 14.3 Å². The van der Waals surface area contributed by atoms with Gasteiger partial charge < -0.3 is 9.73 Å². The highest BCUT2D eigenvalue weighted by Gasteiger charge is 2.15. The molecule has 1 heterocycles. The van der Waals surface area contributed by atoms with Crippen molar-refractivity contribution < 1.29 is 22.0 Å². The van der Waals surface area contributed by atoms with Crippen LogP contribution in [0.15, 0.2) is 76.2 Å². The molecule has 6 nitrogen and oxygen atoms in total. The molecule has 0 unspecified atom stereocenters. The van der Waals surface area contributed by atoms with E-state index in [0.29, 0.717) is 11.4 Å². The van der Waals surface area contributed by atoms with Gasteiger partial charge >= 0.3 is 0 Å². The zero-order chi connectivity index (χ0) is 18.6. The van der Waals surface area contributed by atoms with Crippen LogP contribution in [0.25, 0.3) is 0 Å². The number of hydrogen-bond donors (Lipinski definition) is 2. The van der Waals surface area contributed by atoms with Crippen LogP contribution >= 0.6 is 0 Å². The summed E-state index contributed by atoms with van der Waals surface area (Å²) in [6, 6.07) is 14.1. The Balaban J connectivity index is 1.67. The molecule has 0 saturated carbocycles. The molecule has 0 aliphatic rings. The van der Waals surface area contributed by atoms with Gasteiger partial charge in [0, 0.05) is 11.3 Å². The molecule has 0 atom stereocenters. The maximum atomic E-state index is 12.9. The maximum absolute atomic E-state index is 12.9. The average molecular weight is 374 g/mol. The minimum Gasteiger partial charge on any atom is -0.468 e. The molecule has 26 heavy (non-hydrogen) atoms. The molecule has 0 radical (unpaired) electrons. The van der Waals surface area contributed by atoms with Crippen LogP contribution < -0.4 is 10.0 Å². The summed E-state index contributed by atoms with van der Waals surface area (Å²) >= 11 is 0. The molecule has 1 amide bonds. The third-order valence-corrected chi connectivity index (χ3v) is 4.96. The molecule has 0 fully saturated rings. The van der Waals surface area contributed by atoms with Gasteiger partial charge in [0.25, 0.3) is 5.91 Å². The first-order valence-corrected chi connectivity index (χ1v) is 9.11. The van der Waals surface area contributed by atoms with Gasteiger partial charge in [-0.25, -0.2) is 17.5 Å². The Morgan fingerprint density at radius 3 is 2.31 bits per heavy atom. The first-order chi connectivity index (χ1) is 12.4. The maximum Gasteiger partial charge on any atom is 0.255 e. The lowest BCUT2D eigenvalue weighted by Crippen LogP contribution is -2.23. The fraction of sp³-hybridized carbons (Fsp3) is 0.0556. The first kappa shape index (κ1) is 17.8. The largest absolute Gasteiger partial charge is 0.468 e. The van der Waals surface area contributed by atoms with Crippen LogP contribution in [0.1, 0.15) is 16.1 Å². The number of amides is 1. The summed E-state index contributed by atoms with van der Waals surface area (Å²) in [6.45, 7) is 0.0299. The number of carbonyl (C=O) groups is 1. The highest BCUT2D eigenvalue weighted by atomic mass is 32.2. The first-order valence-electron chi connectivity index (χ1n) is 7.63. The lowest BCUT2D eigenvalue weighted by atomic mass is 10.2. The van der Waals surface area contributed by atoms with Gasteiger partial charge in [0.05, 0.1) is 17.7 Å². The van der Waals surface area contributed by atoms with E-state index in [-0.39, 0.29) is 17.0 Å². The van der Waals surface area contributed by atoms with E-state index in [2.05, 4.69) is 10.0 Å². The minimum absolute atomic E-state index is 0.0299. The van der Waals surface area contributed by atoms with Gasteiger partial charge in [0.1, 0.15) is 11.6 Å². The van der Waals surface area contributed by atoms with Crippen molar-refractivity contribution >= 4 is 21.6 Å². The van der Waals surface area contributed by atoms with Crippen molar-refractivity contribution in [2.75, 3.05) is 5.32 Å². The second-order valence-corrected chi connectivity index (χ2v) is 7.16. The van der Waals surface area contributed by atoms with E-state index in [1.165, 1.54) is 54.8 Å². The Hall–Kier alpha value is -2.97. The molecule has 0 bridgehead atoms. The highest BCUT2D eigenvalue weighted by Crippen LogP contribution is 2.14. The lowest BCUT2D eigenvalue weighted by molar-refractivity contribution is 0.102. The second kappa shape index (κ2) is 7.51. The summed E-state index contributed by atoms with van der Waals surface area (Å²) in [4.78, 5) is 12.2. The standard InChI is InChI=1S/C18H15FN2O4S/c19-14-5-7-15(8-6-14)21-18(22)13-3-9-17(10-4-13)26(23,24)20-12-16-2-1-11-25-16/h1-11,20H,12H2,(H,21,22). The predicted octanol–water partition coefficient (Wildman–Crippen LogP) is 3.15. The van der Waals surface area contributed by atoms with Gasteiger partial charge in [-0.1, -0.05) is 0 Å². The van der Waals surface area contributed by atoms with Gasteiger partial charge in [-0.2, -0.15) is 0 Å². The summed E-state index contributed by atoms with van der Waals surface area (Å²) in [7, 11) is -3.73. The SMILES string of the molecule is O=C(Nc1ccc(F)cc1)c1ccc(S(=O)(=O)NCc2ccco2)cc1. The monoisotopic (exact) mass is 374 g/mol. The molecule has 2 N–H and O–H groups in total. The smallest absolute Gasteiger partial charge is 0.255 e. The molecule has 0 spiro atoms. The molecule has 3 aromatic rings. The number of benzene rings is 2. The molecule has 3 rings (SSSR count). The van der Waals surface area contributed by atoms with Crippen molar-refractivity contribution in [3.05, 3.63) is 84.1 Å². The average Bonchev–Trinajstić information content (AvgIpc) is 3.16. The highest BCUT2D eigenvalue weighted by molar-refractivity contribution is 7.89. The summed E-state index contributed by atoms with van der Waals surface area (Å²) in [5.41, 5.74) is 0.715. The molecule has 0 aliphatic carbocycles. The molecular weight excluding hydrogens is 359 g/mol. The van der Waals surface area contributed by atoms with Gasteiger partial charge in [-0.15, -0.1) is 0 Å². The molecule has 0 saturated heterocycles. The zero-order valence-electron chi connectivity index (χ0n) is 13.5. The Labute approximate surface area is 149 Å². The quantitative estimate of drug-likeness (QED) is 0.694. The number of rotatable bonds is 6. The van der Waals surface area contributed by atoms with Crippen molar-refractivity contribution in [2.45, 2.75) is 11.4 Å². The molecule has 0 aliphatic heterocycles. The van der Waals surface area contributed by atoms with Crippen LogP contribution in [0.3, 0.4) is 0 Å². The Morgan fingerprint density at radius 1 is 1.00 bits per heavy atom. The molecule has 134 valence electrons. The van der Waals surface area contributed by atoms with Crippen molar-refractivity contribution in [2.24, 2.45) is 0 Å². The van der Waals surface area contributed by atoms with Crippen molar-refractivity contribution in [1.29, 1.82) is 0 Å². The topological polar surface area (TPSA) is 88.4 Å². The number of nitrogens with one attached hydrogen (secondary N) is 2. The minimum atomic E-state index is -3.73. The normalized spacial score (nSPS) is 11.3. The van der Waals surface area contributed by atoms with Crippen LogP contribution in [0, 0.1) is 5.82 Å². The van der Waals surface area contributed by atoms with Crippen LogP contribution in [-0.2, 0) is 16.6 Å². The van der Waals surface area contributed by atoms with Crippen LogP contribution in [0.5, 0.6) is 0 Å². The van der Waals surface area contributed by atoms with Gasteiger partial charge in [-0.3, -0.25) is 4.79 Å². The summed E-state index contributed by atoms with van der Waals surface area (Å²) in [6.07, 6.45) is 1.46. The number of anilines is 1. The molecule has 8 heteroatoms. The second-order valence-electron chi connectivity index (χ2n) is 5.39. The Bertz CT molecular complexity index is 983. The van der Waals surface area contributed by atoms with Gasteiger partial charge in [0.2, 0.25) is 10.0 Å². The van der Waals surface area contributed by atoms with E-state index >= 15 is 0 Å². The van der Waals surface area contributed by atoms with E-state index in [9.17, 15) is 17.6 Å². The Kier molecular flexibility index (Phi) is 5.15. The van der Waals surface area contributed by atoms with E-state index < -0.39 is 21.7 Å². The molecule has 1 aromatic heterocycles. The summed E-state index contributed by atoms with van der Waals surface area (Å²) in [5, 5.41) is 2.60. The number of halogens is 1. The van der Waals surface area contributed by atoms with Crippen molar-refractivity contribution in [3.8, 4) is 0 Å². The molecular formula is C18H15FN2O4S. The number of hydrogen-bond acceptors (Lipinski definition) is 4. The van der Waals surface area contributed by atoms with E-state index in [0.717, 1.165) is 0 Å². The number of carbonyl (C=O) groups excluding carboxylic acids is 1. The van der Waals surface area contributed by atoms with E-state index in [4.69, 9.17) is 4.42 Å². The Morgan fingerprint density at radius 2 is 1.69 bits per heavy atom. The third kappa shape index (κ3) is 4.35. The number of furan rings is 1. The van der Waals surface area contributed by atoms with Crippen LogP contribution in [0.4, 0.5) is 10.1 Å². The zero-order valence-corrected chi connectivity index (χ0v) is 14.3. The fourth-order valence-electron chi connectivity index (χ4n) is 2.18.